The number of nitrogens with zero attached hydrogens (tertiary/aromatic N) is 1. The fraction of sp³-hybridized carbons (Fsp3) is 0.467. The number of thioether (sulfide) groups is 1. The number of rotatable bonds is 5. The molecule has 2 atom stereocenters. The molecular formula is C15H19NO4S. The lowest BCUT2D eigenvalue weighted by Crippen LogP contribution is -2.44. The van der Waals surface area contributed by atoms with Crippen molar-refractivity contribution in [1.29, 1.82) is 0 Å². The van der Waals surface area contributed by atoms with Crippen LogP contribution in [0.3, 0.4) is 0 Å². The third-order valence-corrected chi connectivity index (χ3v) is 4.61. The second kappa shape index (κ2) is 7.36. The average molecular weight is 309 g/mol. The van der Waals surface area contributed by atoms with E-state index in [0.717, 1.165) is 12.0 Å². The first-order valence-corrected chi connectivity index (χ1v) is 8.15. The van der Waals surface area contributed by atoms with E-state index in [4.69, 9.17) is 4.74 Å². The molecule has 1 aliphatic heterocycles. The summed E-state index contributed by atoms with van der Waals surface area (Å²) in [6.45, 7) is 0.766. The molecule has 5 nitrogen and oxygen atoms in total. The Balaban J connectivity index is 1.96. The number of ether oxygens (including phenoxy) is 1. The van der Waals surface area contributed by atoms with E-state index in [-0.39, 0.29) is 12.6 Å². The van der Waals surface area contributed by atoms with Crippen LogP contribution in [-0.2, 0) is 16.1 Å². The van der Waals surface area contributed by atoms with E-state index in [1.807, 2.05) is 30.3 Å². The number of benzene rings is 1. The van der Waals surface area contributed by atoms with Gasteiger partial charge in [-0.1, -0.05) is 30.3 Å². The van der Waals surface area contributed by atoms with E-state index in [2.05, 4.69) is 0 Å². The van der Waals surface area contributed by atoms with Crippen molar-refractivity contribution in [3.05, 3.63) is 35.9 Å². The van der Waals surface area contributed by atoms with E-state index in [1.165, 1.54) is 11.8 Å². The third-order valence-electron chi connectivity index (χ3n) is 3.59. The van der Waals surface area contributed by atoms with Gasteiger partial charge in [0.1, 0.15) is 11.9 Å². The van der Waals surface area contributed by atoms with Gasteiger partial charge >= 0.3 is 12.1 Å². The zero-order chi connectivity index (χ0) is 15.2. The topological polar surface area (TPSA) is 66.8 Å². The van der Waals surface area contributed by atoms with Gasteiger partial charge in [-0.3, -0.25) is 4.79 Å². The smallest absolute Gasteiger partial charge is 0.410 e. The standard InChI is InChI=1S/C15H19NO4S/c1-21-13(14(17)18)12-8-5-9-16(12)15(19)20-10-11-6-3-2-4-7-11/h2-4,6-7,12-13H,5,8-10H2,1H3,(H,17,18). The largest absolute Gasteiger partial charge is 0.480 e. The second-order valence-electron chi connectivity index (χ2n) is 4.94. The quantitative estimate of drug-likeness (QED) is 0.905. The predicted octanol–water partition coefficient (Wildman–Crippen LogP) is 2.60. The number of hydrogen-bond donors (Lipinski definition) is 1. The molecule has 1 aromatic rings. The van der Waals surface area contributed by atoms with Gasteiger partial charge in [-0.2, -0.15) is 0 Å². The molecule has 1 aromatic carbocycles. The summed E-state index contributed by atoms with van der Waals surface area (Å²) in [6, 6.07) is 9.15. The Bertz CT molecular complexity index is 494. The average Bonchev–Trinajstić information content (AvgIpc) is 2.95. The van der Waals surface area contributed by atoms with E-state index >= 15 is 0 Å². The van der Waals surface area contributed by atoms with Gasteiger partial charge in [-0.25, -0.2) is 4.79 Å². The van der Waals surface area contributed by atoms with Crippen molar-refractivity contribution in [3.63, 3.8) is 0 Å². The Morgan fingerprint density at radius 2 is 2.14 bits per heavy atom. The van der Waals surface area contributed by atoms with Gasteiger partial charge < -0.3 is 14.7 Å². The summed E-state index contributed by atoms with van der Waals surface area (Å²) in [5.41, 5.74) is 0.918. The summed E-state index contributed by atoms with van der Waals surface area (Å²) in [4.78, 5) is 25.0. The van der Waals surface area contributed by atoms with E-state index < -0.39 is 17.3 Å². The molecule has 0 saturated carbocycles. The van der Waals surface area contributed by atoms with E-state index in [1.54, 1.807) is 11.2 Å². The van der Waals surface area contributed by atoms with Crippen molar-refractivity contribution in [2.75, 3.05) is 12.8 Å². The van der Waals surface area contributed by atoms with Crippen LogP contribution in [0.4, 0.5) is 4.79 Å². The van der Waals surface area contributed by atoms with Gasteiger partial charge in [0.25, 0.3) is 0 Å². The number of carboxylic acids is 1. The lowest BCUT2D eigenvalue weighted by atomic mass is 10.1. The van der Waals surface area contributed by atoms with Crippen LogP contribution in [0.15, 0.2) is 30.3 Å². The van der Waals surface area contributed by atoms with Gasteiger partial charge in [-0.15, -0.1) is 11.8 Å². The monoisotopic (exact) mass is 309 g/mol. The number of amides is 1. The fourth-order valence-corrected chi connectivity index (χ4v) is 3.36. The molecule has 2 unspecified atom stereocenters. The number of carboxylic acid groups (broad SMARTS) is 1. The summed E-state index contributed by atoms with van der Waals surface area (Å²) < 4.78 is 5.30. The van der Waals surface area contributed by atoms with Crippen molar-refractivity contribution < 1.29 is 19.4 Å². The molecule has 21 heavy (non-hydrogen) atoms. The van der Waals surface area contributed by atoms with Crippen LogP contribution in [0, 0.1) is 0 Å². The number of carbonyl (C=O) groups is 2. The molecule has 0 radical (unpaired) electrons. The highest BCUT2D eigenvalue weighted by Gasteiger charge is 2.38. The molecule has 1 amide bonds. The Morgan fingerprint density at radius 3 is 2.76 bits per heavy atom. The maximum absolute atomic E-state index is 12.2. The molecular weight excluding hydrogens is 290 g/mol. The van der Waals surface area contributed by atoms with Crippen molar-refractivity contribution in [2.24, 2.45) is 0 Å². The van der Waals surface area contributed by atoms with Gasteiger partial charge in [0.05, 0.1) is 6.04 Å². The summed E-state index contributed by atoms with van der Waals surface area (Å²) in [5, 5.41) is 8.64. The molecule has 114 valence electrons. The molecule has 6 heteroatoms. The fourth-order valence-electron chi connectivity index (χ4n) is 2.56. The SMILES string of the molecule is CSC(C(=O)O)C1CCCN1C(=O)OCc1ccccc1. The van der Waals surface area contributed by atoms with Crippen LogP contribution < -0.4 is 0 Å². The number of aliphatic carboxylic acids is 1. The van der Waals surface area contributed by atoms with Crippen molar-refractivity contribution in [1.82, 2.24) is 4.90 Å². The summed E-state index contributed by atoms with van der Waals surface area (Å²) in [5.74, 6) is -0.879. The highest BCUT2D eigenvalue weighted by atomic mass is 32.2. The molecule has 0 aromatic heterocycles. The van der Waals surface area contributed by atoms with Crippen molar-refractivity contribution >= 4 is 23.8 Å². The molecule has 0 spiro atoms. The highest BCUT2D eigenvalue weighted by molar-refractivity contribution is 8.00. The molecule has 0 bridgehead atoms. The molecule has 2 rings (SSSR count). The molecule has 1 heterocycles. The minimum Gasteiger partial charge on any atom is -0.480 e. The normalized spacial score (nSPS) is 19.3. The maximum Gasteiger partial charge on any atom is 0.410 e. The van der Waals surface area contributed by atoms with Crippen molar-refractivity contribution in [2.45, 2.75) is 30.7 Å². The molecule has 1 saturated heterocycles. The Kier molecular flexibility index (Phi) is 5.50. The minimum absolute atomic E-state index is 0.208. The molecule has 0 aliphatic carbocycles. The van der Waals surface area contributed by atoms with E-state index in [0.29, 0.717) is 13.0 Å². The van der Waals surface area contributed by atoms with Gasteiger partial charge in [0.15, 0.2) is 0 Å². The Labute approximate surface area is 128 Å². The second-order valence-corrected chi connectivity index (χ2v) is 5.92. The first kappa shape index (κ1) is 15.7. The number of hydrogen-bond acceptors (Lipinski definition) is 4. The zero-order valence-corrected chi connectivity index (χ0v) is 12.7. The van der Waals surface area contributed by atoms with Crippen LogP contribution in [0.25, 0.3) is 0 Å². The highest BCUT2D eigenvalue weighted by Crippen LogP contribution is 2.27. The van der Waals surface area contributed by atoms with Gasteiger partial charge in [0.2, 0.25) is 0 Å². The molecule has 1 aliphatic rings. The molecule has 1 fully saturated rings. The Morgan fingerprint density at radius 1 is 1.43 bits per heavy atom. The van der Waals surface area contributed by atoms with Gasteiger partial charge in [-0.05, 0) is 24.7 Å². The van der Waals surface area contributed by atoms with Crippen LogP contribution in [0.5, 0.6) is 0 Å². The third kappa shape index (κ3) is 3.91. The summed E-state index contributed by atoms with van der Waals surface area (Å²) in [6.07, 6.45) is 2.85. The minimum atomic E-state index is -0.879. The van der Waals surface area contributed by atoms with Gasteiger partial charge in [0, 0.05) is 6.54 Å². The van der Waals surface area contributed by atoms with Crippen LogP contribution in [0.1, 0.15) is 18.4 Å². The lowest BCUT2D eigenvalue weighted by molar-refractivity contribution is -0.137. The predicted molar refractivity (Wildman–Crippen MR) is 81.3 cm³/mol. The first-order valence-electron chi connectivity index (χ1n) is 6.86. The number of carbonyl (C=O) groups excluding carboxylic acids is 1. The summed E-state index contributed by atoms with van der Waals surface area (Å²) >= 11 is 1.26. The van der Waals surface area contributed by atoms with Crippen molar-refractivity contribution in [3.8, 4) is 0 Å². The lowest BCUT2D eigenvalue weighted by Gasteiger charge is -2.27. The maximum atomic E-state index is 12.2. The zero-order valence-electron chi connectivity index (χ0n) is 11.9. The first-order chi connectivity index (χ1) is 10.1. The van der Waals surface area contributed by atoms with Crippen LogP contribution >= 0.6 is 11.8 Å². The van der Waals surface area contributed by atoms with Crippen LogP contribution in [0.2, 0.25) is 0 Å². The van der Waals surface area contributed by atoms with Crippen LogP contribution in [-0.4, -0.2) is 46.2 Å². The Hall–Kier alpha value is -1.69. The molecule has 1 N–H and O–H groups in total. The number of likely N-dealkylation sites (tertiary alicyclic amines) is 1. The van der Waals surface area contributed by atoms with E-state index in [9.17, 15) is 14.7 Å². The summed E-state index contributed by atoms with van der Waals surface area (Å²) in [7, 11) is 0.